The second-order valence-electron chi connectivity index (χ2n) is 5.17. The van der Waals surface area contributed by atoms with Crippen LogP contribution in [-0.4, -0.2) is 15.9 Å². The fourth-order valence-corrected chi connectivity index (χ4v) is 1.94. The molecule has 2 aromatic rings. The summed E-state index contributed by atoms with van der Waals surface area (Å²) in [6.45, 7) is 6.34. The maximum atomic E-state index is 5.72. The first-order valence-corrected chi connectivity index (χ1v) is 6.49. The summed E-state index contributed by atoms with van der Waals surface area (Å²) in [6.07, 6.45) is 4.70. The Hall–Kier alpha value is -2.10. The van der Waals surface area contributed by atoms with Crippen LogP contribution >= 0.6 is 0 Å². The molecule has 0 fully saturated rings. The van der Waals surface area contributed by atoms with Gasteiger partial charge in [0.25, 0.3) is 0 Å². The zero-order valence-electron chi connectivity index (χ0n) is 11.7. The molecule has 0 saturated heterocycles. The van der Waals surface area contributed by atoms with E-state index in [1.165, 1.54) is 5.56 Å². The monoisotopic (exact) mass is 256 g/mol. The number of rotatable bonds is 4. The molecule has 0 aliphatic carbocycles. The summed E-state index contributed by atoms with van der Waals surface area (Å²) in [5.74, 6) is 1.08. The van der Waals surface area contributed by atoms with Crippen molar-refractivity contribution in [2.75, 3.05) is 5.73 Å². The minimum Gasteiger partial charge on any atom is -0.368 e. The molecule has 1 aromatic heterocycles. The van der Waals surface area contributed by atoms with Gasteiger partial charge >= 0.3 is 0 Å². The molecule has 100 valence electrons. The lowest BCUT2D eigenvalue weighted by Gasteiger charge is -2.04. The van der Waals surface area contributed by atoms with Gasteiger partial charge in [0.15, 0.2) is 0 Å². The molecule has 0 atom stereocenters. The van der Waals surface area contributed by atoms with E-state index in [9.17, 15) is 0 Å². The number of imidazole rings is 1. The quantitative estimate of drug-likeness (QED) is 0.855. The molecule has 0 amide bonds. The first-order valence-electron chi connectivity index (χ1n) is 6.49. The zero-order valence-corrected chi connectivity index (χ0v) is 11.7. The predicted molar refractivity (Wildman–Crippen MR) is 79.4 cm³/mol. The molecule has 0 saturated carbocycles. The van der Waals surface area contributed by atoms with Gasteiger partial charge in [0, 0.05) is 0 Å². The Labute approximate surface area is 114 Å². The highest BCUT2D eigenvalue weighted by molar-refractivity contribution is 5.79. The van der Waals surface area contributed by atoms with Crippen molar-refractivity contribution >= 4 is 12.2 Å². The van der Waals surface area contributed by atoms with Crippen LogP contribution in [0.4, 0.5) is 5.95 Å². The Kier molecular flexibility index (Phi) is 4.00. The molecule has 19 heavy (non-hydrogen) atoms. The lowest BCUT2D eigenvalue weighted by Crippen LogP contribution is -1.97. The maximum absolute atomic E-state index is 5.72. The van der Waals surface area contributed by atoms with Crippen molar-refractivity contribution < 1.29 is 0 Å². The van der Waals surface area contributed by atoms with Gasteiger partial charge in [0.1, 0.15) is 0 Å². The molecular formula is C15H20N4. The Morgan fingerprint density at radius 3 is 2.53 bits per heavy atom. The third-order valence-corrected chi connectivity index (χ3v) is 2.79. The number of aryl methyl sites for hydroxylation is 1. The van der Waals surface area contributed by atoms with Gasteiger partial charge in [-0.3, -0.25) is 0 Å². The summed E-state index contributed by atoms with van der Waals surface area (Å²) < 4.78 is 1.58. The minimum atomic E-state index is 0.408. The van der Waals surface area contributed by atoms with Crippen LogP contribution in [-0.2, 0) is 6.42 Å². The summed E-state index contributed by atoms with van der Waals surface area (Å²) in [5, 5.41) is 4.29. The van der Waals surface area contributed by atoms with E-state index >= 15 is 0 Å². The first kappa shape index (κ1) is 13.3. The van der Waals surface area contributed by atoms with Crippen LogP contribution in [0.1, 0.15) is 30.7 Å². The Balaban J connectivity index is 2.09. The zero-order chi connectivity index (χ0) is 13.8. The normalized spacial score (nSPS) is 11.6. The number of anilines is 1. The number of hydrogen-bond acceptors (Lipinski definition) is 3. The molecule has 0 unspecified atom stereocenters. The van der Waals surface area contributed by atoms with Crippen molar-refractivity contribution in [2.45, 2.75) is 27.2 Å². The SMILES string of the molecule is Cc1cn(N=Cc2ccc(CC(C)C)cc2)c(N)n1. The highest BCUT2D eigenvalue weighted by atomic mass is 15.4. The average molecular weight is 256 g/mol. The Bertz CT molecular complexity index is 564. The fourth-order valence-electron chi connectivity index (χ4n) is 1.94. The number of nitrogens with two attached hydrogens (primary N) is 1. The van der Waals surface area contributed by atoms with Gasteiger partial charge in [-0.15, -0.1) is 0 Å². The number of nitrogen functional groups attached to an aromatic ring is 1. The van der Waals surface area contributed by atoms with E-state index in [-0.39, 0.29) is 0 Å². The summed E-state index contributed by atoms with van der Waals surface area (Å²) in [6, 6.07) is 8.43. The molecule has 0 bridgehead atoms. The third-order valence-electron chi connectivity index (χ3n) is 2.79. The van der Waals surface area contributed by atoms with Crippen LogP contribution in [0.5, 0.6) is 0 Å². The lowest BCUT2D eigenvalue weighted by molar-refractivity contribution is 0.647. The largest absolute Gasteiger partial charge is 0.368 e. The summed E-state index contributed by atoms with van der Waals surface area (Å²) in [5.41, 5.74) is 8.99. The van der Waals surface area contributed by atoms with Crippen molar-refractivity contribution in [1.29, 1.82) is 0 Å². The van der Waals surface area contributed by atoms with E-state index in [0.717, 1.165) is 17.7 Å². The fraction of sp³-hybridized carbons (Fsp3) is 0.333. The number of hydrogen-bond donors (Lipinski definition) is 1. The molecule has 0 aliphatic heterocycles. The predicted octanol–water partition coefficient (Wildman–Crippen LogP) is 2.85. The molecule has 1 aromatic carbocycles. The number of benzene rings is 1. The van der Waals surface area contributed by atoms with Gasteiger partial charge in [-0.2, -0.15) is 5.10 Å². The van der Waals surface area contributed by atoms with E-state index < -0.39 is 0 Å². The van der Waals surface area contributed by atoms with Crippen LogP contribution < -0.4 is 5.73 Å². The molecule has 0 radical (unpaired) electrons. The van der Waals surface area contributed by atoms with Crippen molar-refractivity contribution in [3.63, 3.8) is 0 Å². The summed E-state index contributed by atoms with van der Waals surface area (Å²) >= 11 is 0. The molecule has 4 nitrogen and oxygen atoms in total. The Morgan fingerprint density at radius 2 is 2.00 bits per heavy atom. The van der Waals surface area contributed by atoms with Crippen molar-refractivity contribution in [1.82, 2.24) is 9.66 Å². The molecule has 0 spiro atoms. The van der Waals surface area contributed by atoms with Crippen LogP contribution in [0.15, 0.2) is 35.6 Å². The van der Waals surface area contributed by atoms with Crippen LogP contribution in [0.2, 0.25) is 0 Å². The van der Waals surface area contributed by atoms with Gasteiger partial charge in [-0.1, -0.05) is 38.1 Å². The van der Waals surface area contributed by atoms with E-state index in [2.05, 4.69) is 48.2 Å². The van der Waals surface area contributed by atoms with Crippen LogP contribution in [0.25, 0.3) is 0 Å². The first-order chi connectivity index (χ1) is 9.04. The minimum absolute atomic E-state index is 0.408. The van der Waals surface area contributed by atoms with Gasteiger partial charge in [-0.05, 0) is 30.4 Å². The highest BCUT2D eigenvalue weighted by Crippen LogP contribution is 2.09. The lowest BCUT2D eigenvalue weighted by atomic mass is 10.0. The van der Waals surface area contributed by atoms with Gasteiger partial charge in [0.2, 0.25) is 5.95 Å². The molecular weight excluding hydrogens is 236 g/mol. The molecule has 2 N–H and O–H groups in total. The highest BCUT2D eigenvalue weighted by Gasteiger charge is 1.99. The topological polar surface area (TPSA) is 56.2 Å². The number of aromatic nitrogens is 2. The Morgan fingerprint density at radius 1 is 1.32 bits per heavy atom. The van der Waals surface area contributed by atoms with Crippen molar-refractivity contribution in [3.8, 4) is 0 Å². The molecule has 0 aliphatic rings. The van der Waals surface area contributed by atoms with Crippen LogP contribution in [0.3, 0.4) is 0 Å². The second kappa shape index (κ2) is 5.69. The van der Waals surface area contributed by atoms with E-state index in [1.54, 1.807) is 17.1 Å². The molecule has 2 rings (SSSR count). The third kappa shape index (κ3) is 3.68. The smallest absolute Gasteiger partial charge is 0.221 e. The summed E-state index contributed by atoms with van der Waals surface area (Å²) in [4.78, 5) is 4.10. The second-order valence-corrected chi connectivity index (χ2v) is 5.17. The number of nitrogens with zero attached hydrogens (tertiary/aromatic N) is 3. The van der Waals surface area contributed by atoms with E-state index in [0.29, 0.717) is 11.9 Å². The average Bonchev–Trinajstić information content (AvgIpc) is 2.66. The van der Waals surface area contributed by atoms with Crippen molar-refractivity contribution in [3.05, 3.63) is 47.3 Å². The van der Waals surface area contributed by atoms with Gasteiger partial charge in [0.05, 0.1) is 18.1 Å². The van der Waals surface area contributed by atoms with E-state index in [1.807, 2.05) is 6.92 Å². The molecule has 1 heterocycles. The van der Waals surface area contributed by atoms with Crippen LogP contribution in [0, 0.1) is 12.8 Å². The van der Waals surface area contributed by atoms with Crippen molar-refractivity contribution in [2.24, 2.45) is 11.0 Å². The van der Waals surface area contributed by atoms with E-state index in [4.69, 9.17) is 5.73 Å². The van der Waals surface area contributed by atoms with Gasteiger partial charge in [-0.25, -0.2) is 9.66 Å². The maximum Gasteiger partial charge on any atom is 0.221 e. The standard InChI is InChI=1S/C15H20N4/c1-11(2)8-13-4-6-14(7-5-13)9-17-19-10-12(3)18-15(19)16/h4-7,9-11H,8H2,1-3H3,(H2,16,18). The van der Waals surface area contributed by atoms with Gasteiger partial charge < -0.3 is 5.73 Å². The molecule has 4 heteroatoms. The summed E-state index contributed by atoms with van der Waals surface area (Å²) in [7, 11) is 0.